The van der Waals surface area contributed by atoms with Crippen LogP contribution < -0.4 is 5.32 Å². The van der Waals surface area contributed by atoms with E-state index in [-0.39, 0.29) is 12.0 Å². The summed E-state index contributed by atoms with van der Waals surface area (Å²) in [4.78, 5) is 14.1. The molecule has 0 aromatic rings. The van der Waals surface area contributed by atoms with Crippen LogP contribution in [0.25, 0.3) is 0 Å². The second-order valence-corrected chi connectivity index (χ2v) is 11.8. The number of esters is 1. The van der Waals surface area contributed by atoms with Crippen molar-refractivity contribution in [2.24, 2.45) is 23.7 Å². The molecule has 10 atom stereocenters. The second kappa shape index (κ2) is 22.9. The normalized spacial score (nSPS) is 24.6. The van der Waals surface area contributed by atoms with Crippen LogP contribution in [0.5, 0.6) is 0 Å². The fraction of sp³-hybridized carbons (Fsp3) is 0.968. The Morgan fingerprint density at radius 3 is 2.10 bits per heavy atom. The summed E-state index contributed by atoms with van der Waals surface area (Å²) in [6, 6.07) is 1.03. The molecule has 1 heterocycles. The zero-order valence-electron chi connectivity index (χ0n) is 27.4. The summed E-state index contributed by atoms with van der Waals surface area (Å²) in [6.45, 7) is 21.3. The molecule has 8 nitrogen and oxygen atoms in total. The van der Waals surface area contributed by atoms with Crippen molar-refractivity contribution in [2.75, 3.05) is 20.6 Å². The van der Waals surface area contributed by atoms with Crippen LogP contribution in [0.3, 0.4) is 0 Å². The Balaban J connectivity index is 0. The van der Waals surface area contributed by atoms with Gasteiger partial charge in [-0.2, -0.15) is 0 Å². The van der Waals surface area contributed by atoms with Crippen LogP contribution in [0.4, 0.5) is 0 Å². The Morgan fingerprint density at radius 1 is 1.03 bits per heavy atom. The maximum atomic E-state index is 12.0. The highest BCUT2D eigenvalue weighted by molar-refractivity contribution is 5.72. The third-order valence-corrected chi connectivity index (χ3v) is 7.38. The maximum Gasteiger partial charge on any atom is 0.313 e. The van der Waals surface area contributed by atoms with E-state index in [1.165, 1.54) is 12.8 Å². The lowest BCUT2D eigenvalue weighted by Crippen LogP contribution is -2.41. The van der Waals surface area contributed by atoms with Gasteiger partial charge < -0.3 is 35.0 Å². The first-order chi connectivity index (χ1) is 18.2. The average Bonchev–Trinajstić information content (AvgIpc) is 2.87. The minimum Gasteiger partial charge on any atom is -0.436 e. The third-order valence-electron chi connectivity index (χ3n) is 7.38. The van der Waals surface area contributed by atoms with Gasteiger partial charge in [0.05, 0.1) is 18.1 Å². The number of nitrogens with one attached hydrogen (secondary N) is 1. The molecular weight excluding hydrogens is 496 g/mol. The number of carbonyl (C=O) groups is 1. The summed E-state index contributed by atoms with van der Waals surface area (Å²) in [7, 11) is 4.07. The van der Waals surface area contributed by atoms with Crippen LogP contribution >= 0.6 is 0 Å². The number of nitrogens with zero attached hydrogens (tertiary/aromatic N) is 1. The summed E-state index contributed by atoms with van der Waals surface area (Å²) < 4.78 is 10.1. The Labute approximate surface area is 241 Å². The molecule has 0 spiro atoms. The molecule has 1 aliphatic heterocycles. The molecule has 0 aromatic heterocycles. The van der Waals surface area contributed by atoms with Crippen molar-refractivity contribution in [3.05, 3.63) is 0 Å². The average molecular weight is 563 g/mol. The summed E-state index contributed by atoms with van der Waals surface area (Å²) >= 11 is 0. The van der Waals surface area contributed by atoms with Gasteiger partial charge in [-0.05, 0) is 84.8 Å². The molecule has 0 bridgehead atoms. The Morgan fingerprint density at radius 2 is 1.62 bits per heavy atom. The molecule has 8 unspecified atom stereocenters. The maximum absolute atomic E-state index is 12.0. The van der Waals surface area contributed by atoms with Gasteiger partial charge in [0, 0.05) is 24.9 Å². The lowest BCUT2D eigenvalue weighted by atomic mass is 9.83. The van der Waals surface area contributed by atoms with Crippen molar-refractivity contribution >= 4 is 5.97 Å². The minimum atomic E-state index is -1.09. The predicted octanol–water partition coefficient (Wildman–Crippen LogP) is 5.18. The second-order valence-electron chi connectivity index (χ2n) is 11.8. The van der Waals surface area contributed by atoms with Crippen LogP contribution in [0.2, 0.25) is 0 Å². The van der Waals surface area contributed by atoms with Crippen molar-refractivity contribution in [1.29, 1.82) is 0 Å². The molecule has 0 amide bonds. The highest BCUT2D eigenvalue weighted by Gasteiger charge is 2.30. The van der Waals surface area contributed by atoms with Crippen molar-refractivity contribution in [2.45, 2.75) is 151 Å². The lowest BCUT2D eigenvalue weighted by molar-refractivity contribution is -0.177. The van der Waals surface area contributed by atoms with Gasteiger partial charge in [0.2, 0.25) is 0 Å². The van der Waals surface area contributed by atoms with E-state index in [0.29, 0.717) is 30.3 Å². The Hall–Kier alpha value is -0.770. The Bertz CT molecular complexity index is 583. The number of aliphatic hydroxyl groups is 3. The third kappa shape index (κ3) is 19.1. The van der Waals surface area contributed by atoms with Gasteiger partial charge in [0.1, 0.15) is 0 Å². The highest BCUT2D eigenvalue weighted by atomic mass is 16.6. The molecule has 1 saturated heterocycles. The first kappa shape index (κ1) is 40.4. The largest absolute Gasteiger partial charge is 0.436 e. The van der Waals surface area contributed by atoms with Crippen molar-refractivity contribution in [3.8, 4) is 0 Å². The van der Waals surface area contributed by atoms with Crippen molar-refractivity contribution in [3.63, 3.8) is 0 Å². The first-order valence-corrected chi connectivity index (χ1v) is 15.5. The molecule has 39 heavy (non-hydrogen) atoms. The van der Waals surface area contributed by atoms with E-state index in [1.807, 2.05) is 41.8 Å². The van der Waals surface area contributed by atoms with E-state index in [0.717, 1.165) is 32.2 Å². The van der Waals surface area contributed by atoms with Gasteiger partial charge >= 0.3 is 5.97 Å². The molecule has 8 heteroatoms. The standard InChI is InChI=1S/C21H43NO4.C8H17NO2.C2H6/c1-8-10-17(6)22-13-15(4)11-14(3)12-16(5)20(24)18(7)21(25)26-19(23)9-2;1-6-4-7(9(2)3)5-8(10)11-6;1-2/h14-20,22-24H,8-13H2,1-7H3;6-8,10H,4-5H2,1-3H3;1-2H3/t14?,15-,16?,17-,18?,19?,20?;;/m1../s1. The topological polar surface area (TPSA) is 111 Å². The Kier molecular flexibility index (Phi) is 23.7. The van der Waals surface area contributed by atoms with Crippen LogP contribution in [0, 0.1) is 23.7 Å². The number of aliphatic hydroxyl groups excluding tert-OH is 3. The van der Waals surface area contributed by atoms with E-state index in [1.54, 1.807) is 13.8 Å². The fourth-order valence-electron chi connectivity index (χ4n) is 5.05. The highest BCUT2D eigenvalue weighted by Crippen LogP contribution is 2.25. The van der Waals surface area contributed by atoms with Crippen LogP contribution in [-0.2, 0) is 14.3 Å². The summed E-state index contributed by atoms with van der Waals surface area (Å²) in [5, 5.41) is 32.7. The van der Waals surface area contributed by atoms with E-state index in [4.69, 9.17) is 9.47 Å². The van der Waals surface area contributed by atoms with Gasteiger partial charge in [-0.15, -0.1) is 0 Å². The molecule has 236 valence electrons. The molecular formula is C31H66N2O6. The van der Waals surface area contributed by atoms with E-state index < -0.39 is 30.6 Å². The molecule has 4 N–H and O–H groups in total. The van der Waals surface area contributed by atoms with Crippen molar-refractivity contribution in [1.82, 2.24) is 10.2 Å². The molecule has 0 saturated carbocycles. The smallest absolute Gasteiger partial charge is 0.313 e. The molecule has 0 radical (unpaired) electrons. The summed E-state index contributed by atoms with van der Waals surface area (Å²) in [5.74, 6) is -0.107. The minimum absolute atomic E-state index is 0.00509. The molecule has 1 rings (SSSR count). The number of carbonyl (C=O) groups excluding carboxylic acids is 1. The van der Waals surface area contributed by atoms with E-state index in [2.05, 4.69) is 37.9 Å². The molecule has 1 aliphatic rings. The van der Waals surface area contributed by atoms with Crippen LogP contribution in [0.1, 0.15) is 114 Å². The van der Waals surface area contributed by atoms with Gasteiger partial charge in [0.15, 0.2) is 12.6 Å². The molecule has 0 aromatic carbocycles. The van der Waals surface area contributed by atoms with Crippen molar-refractivity contribution < 1.29 is 29.6 Å². The quantitative estimate of drug-likeness (QED) is 0.160. The summed E-state index contributed by atoms with van der Waals surface area (Å²) in [5.41, 5.74) is 0. The SMILES string of the molecule is CC.CC1CC(N(C)C)CC(O)O1.CCC[C@@H](C)NC[C@H](C)CC(C)CC(C)C(O)C(C)C(=O)OC(O)CC. The van der Waals surface area contributed by atoms with Crippen LogP contribution in [0.15, 0.2) is 0 Å². The molecule has 1 fully saturated rings. The zero-order valence-corrected chi connectivity index (χ0v) is 27.4. The van der Waals surface area contributed by atoms with Gasteiger partial charge in [0.25, 0.3) is 0 Å². The van der Waals surface area contributed by atoms with E-state index >= 15 is 0 Å². The fourth-order valence-corrected chi connectivity index (χ4v) is 5.05. The number of hydrogen-bond donors (Lipinski definition) is 4. The first-order valence-electron chi connectivity index (χ1n) is 15.5. The molecule has 0 aliphatic carbocycles. The van der Waals surface area contributed by atoms with Gasteiger partial charge in [-0.1, -0.05) is 54.9 Å². The van der Waals surface area contributed by atoms with Gasteiger partial charge in [-0.3, -0.25) is 4.79 Å². The monoisotopic (exact) mass is 562 g/mol. The lowest BCUT2D eigenvalue weighted by Gasteiger charge is -2.34. The van der Waals surface area contributed by atoms with E-state index in [9.17, 15) is 20.1 Å². The van der Waals surface area contributed by atoms with Crippen LogP contribution in [-0.4, -0.2) is 83.7 Å². The summed E-state index contributed by atoms with van der Waals surface area (Å²) in [6.07, 6.45) is 4.24. The number of rotatable bonds is 15. The van der Waals surface area contributed by atoms with Gasteiger partial charge in [-0.25, -0.2) is 0 Å². The number of ether oxygens (including phenoxy) is 2. The predicted molar refractivity (Wildman–Crippen MR) is 161 cm³/mol. The number of hydrogen-bond acceptors (Lipinski definition) is 8. The zero-order chi connectivity index (χ0) is 30.7.